The zero-order chi connectivity index (χ0) is 13.1. The van der Waals surface area contributed by atoms with E-state index < -0.39 is 0 Å². The number of carbonyl (C=O) groups excluding carboxylic acids is 1. The van der Waals surface area contributed by atoms with Crippen LogP contribution in [0.1, 0.15) is 12.5 Å². The molecule has 0 N–H and O–H groups in total. The molecule has 0 saturated carbocycles. The third kappa shape index (κ3) is 2.88. The number of likely N-dealkylation sites (N-methyl/N-ethyl adjacent to an activating group) is 1. The van der Waals surface area contributed by atoms with E-state index in [2.05, 4.69) is 0 Å². The molecular weight excluding hydrogens is 254 g/mol. The summed E-state index contributed by atoms with van der Waals surface area (Å²) in [5.41, 5.74) is 0.966. The van der Waals surface area contributed by atoms with Crippen LogP contribution in [0.2, 0.25) is 5.02 Å². The average Bonchev–Trinajstić information content (AvgIpc) is 2.71. The van der Waals surface area contributed by atoms with Crippen LogP contribution in [-0.4, -0.2) is 36.8 Å². The van der Waals surface area contributed by atoms with Crippen molar-refractivity contribution >= 4 is 17.7 Å². The second-order valence-corrected chi connectivity index (χ2v) is 4.67. The molecule has 1 aliphatic rings. The number of hydrogen-bond donors (Lipinski definition) is 0. The van der Waals surface area contributed by atoms with Gasteiger partial charge in [-0.05, 0) is 37.6 Å². The molecule has 1 heterocycles. The van der Waals surface area contributed by atoms with Crippen molar-refractivity contribution in [3.8, 4) is 5.75 Å². The standard InChI is InChI=1S/C13H16ClNO3/c1-3-15-7-11(18-13(15)16)8-17-10-4-5-12(14)9(2)6-10/h4-6,11H,3,7-8H2,1-2H3/t11-/m0/s1. The summed E-state index contributed by atoms with van der Waals surface area (Å²) < 4.78 is 10.8. The fraction of sp³-hybridized carbons (Fsp3) is 0.462. The number of nitrogens with zero attached hydrogens (tertiary/aromatic N) is 1. The van der Waals surface area contributed by atoms with Crippen LogP contribution in [0.15, 0.2) is 18.2 Å². The van der Waals surface area contributed by atoms with Crippen molar-refractivity contribution in [1.82, 2.24) is 4.90 Å². The van der Waals surface area contributed by atoms with Crippen molar-refractivity contribution in [2.45, 2.75) is 20.0 Å². The predicted octanol–water partition coefficient (Wildman–Crippen LogP) is 2.87. The monoisotopic (exact) mass is 269 g/mol. The largest absolute Gasteiger partial charge is 0.490 e. The van der Waals surface area contributed by atoms with E-state index in [0.29, 0.717) is 24.7 Å². The SMILES string of the molecule is CCN1C[C@@H](COc2ccc(Cl)c(C)c2)OC1=O. The Morgan fingerprint density at radius 3 is 2.94 bits per heavy atom. The lowest BCUT2D eigenvalue weighted by Crippen LogP contribution is -2.26. The minimum absolute atomic E-state index is 0.201. The first-order valence-corrected chi connectivity index (χ1v) is 6.32. The maximum Gasteiger partial charge on any atom is 0.410 e. The summed E-state index contributed by atoms with van der Waals surface area (Å²) in [6.45, 7) is 5.46. The quantitative estimate of drug-likeness (QED) is 0.844. The number of cyclic esters (lactones) is 1. The van der Waals surface area contributed by atoms with Crippen LogP contribution < -0.4 is 4.74 Å². The Morgan fingerprint density at radius 2 is 2.33 bits per heavy atom. The maximum atomic E-state index is 11.4. The first-order valence-electron chi connectivity index (χ1n) is 5.94. The highest BCUT2D eigenvalue weighted by Gasteiger charge is 2.30. The number of amides is 1. The van der Waals surface area contributed by atoms with Gasteiger partial charge >= 0.3 is 6.09 Å². The van der Waals surface area contributed by atoms with Crippen LogP contribution in [-0.2, 0) is 4.74 Å². The summed E-state index contributed by atoms with van der Waals surface area (Å²) in [5, 5.41) is 0.715. The highest BCUT2D eigenvalue weighted by Crippen LogP contribution is 2.21. The lowest BCUT2D eigenvalue weighted by atomic mass is 10.2. The molecule has 0 unspecified atom stereocenters. The Morgan fingerprint density at radius 1 is 1.56 bits per heavy atom. The lowest BCUT2D eigenvalue weighted by Gasteiger charge is -2.11. The predicted molar refractivity (Wildman–Crippen MR) is 69.2 cm³/mol. The van der Waals surface area contributed by atoms with Gasteiger partial charge in [0.25, 0.3) is 0 Å². The summed E-state index contributed by atoms with van der Waals surface area (Å²) in [5.74, 6) is 0.739. The first-order chi connectivity index (χ1) is 8.60. The van der Waals surface area contributed by atoms with E-state index in [0.717, 1.165) is 11.3 Å². The van der Waals surface area contributed by atoms with E-state index in [9.17, 15) is 4.79 Å². The Bertz CT molecular complexity index is 450. The number of halogens is 1. The van der Waals surface area contributed by atoms with Crippen LogP contribution in [0.4, 0.5) is 4.79 Å². The number of hydrogen-bond acceptors (Lipinski definition) is 3. The molecule has 98 valence electrons. The average molecular weight is 270 g/mol. The Hall–Kier alpha value is -1.42. The van der Waals surface area contributed by atoms with Gasteiger partial charge < -0.3 is 14.4 Å². The molecule has 5 heteroatoms. The van der Waals surface area contributed by atoms with Crippen LogP contribution in [0.3, 0.4) is 0 Å². The fourth-order valence-electron chi connectivity index (χ4n) is 1.82. The topological polar surface area (TPSA) is 38.8 Å². The van der Waals surface area contributed by atoms with Crippen molar-refractivity contribution in [2.75, 3.05) is 19.7 Å². The van der Waals surface area contributed by atoms with Gasteiger partial charge in [0.1, 0.15) is 12.4 Å². The minimum atomic E-state index is -0.265. The molecule has 1 saturated heterocycles. The van der Waals surface area contributed by atoms with Crippen molar-refractivity contribution in [3.63, 3.8) is 0 Å². The molecule has 1 aromatic rings. The first kappa shape index (κ1) is 13.0. The maximum absolute atomic E-state index is 11.4. The summed E-state index contributed by atoms with van der Waals surface area (Å²) in [6.07, 6.45) is -0.466. The lowest BCUT2D eigenvalue weighted by molar-refractivity contribution is 0.103. The smallest absolute Gasteiger partial charge is 0.410 e. The van der Waals surface area contributed by atoms with Gasteiger partial charge in [0.15, 0.2) is 6.10 Å². The molecule has 1 amide bonds. The number of benzene rings is 1. The Labute approximate surface area is 111 Å². The molecule has 1 aliphatic heterocycles. The van der Waals surface area contributed by atoms with Crippen molar-refractivity contribution in [2.24, 2.45) is 0 Å². The van der Waals surface area contributed by atoms with Gasteiger partial charge in [-0.25, -0.2) is 4.79 Å². The van der Waals surface area contributed by atoms with Gasteiger partial charge in [-0.1, -0.05) is 11.6 Å². The van der Waals surface area contributed by atoms with Crippen molar-refractivity contribution < 1.29 is 14.3 Å². The van der Waals surface area contributed by atoms with Gasteiger partial charge in [0.2, 0.25) is 0 Å². The van der Waals surface area contributed by atoms with E-state index in [1.807, 2.05) is 26.0 Å². The van der Waals surface area contributed by atoms with Crippen LogP contribution >= 0.6 is 11.6 Å². The Balaban J connectivity index is 1.88. The molecule has 4 nitrogen and oxygen atoms in total. The number of ether oxygens (including phenoxy) is 2. The van der Waals surface area contributed by atoms with Crippen molar-refractivity contribution in [3.05, 3.63) is 28.8 Å². The van der Waals surface area contributed by atoms with Crippen LogP contribution in [0.25, 0.3) is 0 Å². The summed E-state index contributed by atoms with van der Waals surface area (Å²) >= 11 is 5.93. The number of carbonyl (C=O) groups is 1. The summed E-state index contributed by atoms with van der Waals surface area (Å²) in [7, 11) is 0. The normalized spacial score (nSPS) is 18.9. The van der Waals surface area contributed by atoms with E-state index in [4.69, 9.17) is 21.1 Å². The van der Waals surface area contributed by atoms with Crippen LogP contribution in [0, 0.1) is 6.92 Å². The molecule has 0 aromatic heterocycles. The molecule has 2 rings (SSSR count). The van der Waals surface area contributed by atoms with Gasteiger partial charge in [-0.3, -0.25) is 0 Å². The third-order valence-corrected chi connectivity index (χ3v) is 3.32. The number of rotatable bonds is 4. The molecule has 1 fully saturated rings. The molecule has 1 atom stereocenters. The number of aryl methyl sites for hydroxylation is 1. The van der Waals surface area contributed by atoms with E-state index in [1.165, 1.54) is 0 Å². The van der Waals surface area contributed by atoms with E-state index in [1.54, 1.807) is 11.0 Å². The third-order valence-electron chi connectivity index (χ3n) is 2.90. The summed E-state index contributed by atoms with van der Waals surface area (Å²) in [6, 6.07) is 5.48. The molecule has 1 aromatic carbocycles. The molecule has 0 radical (unpaired) electrons. The second-order valence-electron chi connectivity index (χ2n) is 4.27. The zero-order valence-corrected chi connectivity index (χ0v) is 11.2. The van der Waals surface area contributed by atoms with E-state index in [-0.39, 0.29) is 12.2 Å². The van der Waals surface area contributed by atoms with Gasteiger partial charge in [0, 0.05) is 11.6 Å². The molecule has 0 spiro atoms. The van der Waals surface area contributed by atoms with Crippen LogP contribution in [0.5, 0.6) is 5.75 Å². The molecule has 0 bridgehead atoms. The highest BCUT2D eigenvalue weighted by atomic mass is 35.5. The summed E-state index contributed by atoms with van der Waals surface area (Å²) in [4.78, 5) is 13.0. The van der Waals surface area contributed by atoms with Gasteiger partial charge in [0.05, 0.1) is 6.54 Å². The fourth-order valence-corrected chi connectivity index (χ4v) is 1.93. The van der Waals surface area contributed by atoms with Gasteiger partial charge in [-0.2, -0.15) is 0 Å². The Kier molecular flexibility index (Phi) is 3.97. The zero-order valence-electron chi connectivity index (χ0n) is 10.5. The van der Waals surface area contributed by atoms with Crippen molar-refractivity contribution in [1.29, 1.82) is 0 Å². The minimum Gasteiger partial charge on any atom is -0.490 e. The van der Waals surface area contributed by atoms with Gasteiger partial charge in [-0.15, -0.1) is 0 Å². The second kappa shape index (κ2) is 5.48. The highest BCUT2D eigenvalue weighted by molar-refractivity contribution is 6.31. The van der Waals surface area contributed by atoms with E-state index >= 15 is 0 Å². The molecule has 18 heavy (non-hydrogen) atoms. The molecular formula is C13H16ClNO3. The molecule has 0 aliphatic carbocycles.